The second-order valence-corrected chi connectivity index (χ2v) is 4.17. The zero-order valence-electron chi connectivity index (χ0n) is 10.2. The van der Waals surface area contributed by atoms with Crippen LogP contribution in [0.1, 0.15) is 19.4 Å². The van der Waals surface area contributed by atoms with Crippen LogP contribution < -0.4 is 5.32 Å². The topological polar surface area (TPSA) is 58.6 Å². The van der Waals surface area contributed by atoms with Gasteiger partial charge in [-0.05, 0) is 25.8 Å². The lowest BCUT2D eigenvalue weighted by Gasteiger charge is -2.17. The first-order valence-electron chi connectivity index (χ1n) is 5.73. The molecule has 0 aliphatic heterocycles. The van der Waals surface area contributed by atoms with Gasteiger partial charge in [-0.15, -0.1) is 0 Å². The highest BCUT2D eigenvalue weighted by molar-refractivity contribution is 5.67. The number of ether oxygens (including phenoxy) is 1. The summed E-state index contributed by atoms with van der Waals surface area (Å²) in [5.74, 6) is 0. The van der Waals surface area contributed by atoms with Crippen LogP contribution in [0.4, 0.5) is 4.79 Å². The molecule has 0 aromatic heterocycles. The number of amides is 1. The summed E-state index contributed by atoms with van der Waals surface area (Å²) < 4.78 is 4.96. The van der Waals surface area contributed by atoms with E-state index < -0.39 is 6.09 Å². The van der Waals surface area contributed by atoms with Crippen LogP contribution in [-0.2, 0) is 11.2 Å². The van der Waals surface area contributed by atoms with Gasteiger partial charge in [0, 0.05) is 0 Å². The van der Waals surface area contributed by atoms with Crippen molar-refractivity contribution in [3.8, 4) is 0 Å². The van der Waals surface area contributed by atoms with Crippen LogP contribution in [0.3, 0.4) is 0 Å². The van der Waals surface area contributed by atoms with E-state index in [1.807, 2.05) is 30.3 Å². The van der Waals surface area contributed by atoms with Gasteiger partial charge in [0.2, 0.25) is 0 Å². The molecule has 1 aromatic rings. The molecule has 1 unspecified atom stereocenters. The largest absolute Gasteiger partial charge is 0.447 e. The molecular weight excluding hydrogens is 218 g/mol. The fourth-order valence-electron chi connectivity index (χ4n) is 1.47. The maximum Gasteiger partial charge on any atom is 0.407 e. The Labute approximate surface area is 102 Å². The average Bonchev–Trinajstić information content (AvgIpc) is 2.28. The van der Waals surface area contributed by atoms with Gasteiger partial charge < -0.3 is 15.2 Å². The van der Waals surface area contributed by atoms with Crippen LogP contribution in [0, 0.1) is 0 Å². The molecule has 0 fully saturated rings. The number of hydrogen-bond donors (Lipinski definition) is 2. The zero-order valence-corrected chi connectivity index (χ0v) is 10.2. The predicted octanol–water partition coefficient (Wildman–Crippen LogP) is 1.72. The number of hydrogen-bond acceptors (Lipinski definition) is 3. The molecule has 1 atom stereocenters. The van der Waals surface area contributed by atoms with Gasteiger partial charge in [0.25, 0.3) is 0 Å². The molecule has 2 N–H and O–H groups in total. The van der Waals surface area contributed by atoms with Crippen molar-refractivity contribution >= 4 is 6.09 Å². The van der Waals surface area contributed by atoms with E-state index in [1.165, 1.54) is 0 Å². The maximum atomic E-state index is 11.4. The van der Waals surface area contributed by atoms with E-state index in [2.05, 4.69) is 5.32 Å². The van der Waals surface area contributed by atoms with Crippen LogP contribution in [0.15, 0.2) is 30.3 Å². The minimum atomic E-state index is -0.491. The summed E-state index contributed by atoms with van der Waals surface area (Å²) in [4.78, 5) is 11.4. The number of rotatable bonds is 5. The summed E-state index contributed by atoms with van der Waals surface area (Å²) in [7, 11) is 0. The van der Waals surface area contributed by atoms with E-state index in [9.17, 15) is 9.90 Å². The first-order valence-corrected chi connectivity index (χ1v) is 5.73. The second-order valence-electron chi connectivity index (χ2n) is 4.17. The molecule has 4 nitrogen and oxygen atoms in total. The Morgan fingerprint density at radius 3 is 2.53 bits per heavy atom. The summed E-state index contributed by atoms with van der Waals surface area (Å²) in [6.45, 7) is 3.46. The molecule has 0 saturated heterocycles. The van der Waals surface area contributed by atoms with Gasteiger partial charge in [0.05, 0.1) is 18.8 Å². The highest BCUT2D eigenvalue weighted by atomic mass is 16.6. The minimum absolute atomic E-state index is 0.109. The molecule has 0 saturated carbocycles. The fourth-order valence-corrected chi connectivity index (χ4v) is 1.47. The average molecular weight is 237 g/mol. The highest BCUT2D eigenvalue weighted by Crippen LogP contribution is 2.03. The molecule has 0 heterocycles. The number of alkyl carbamates (subject to hydrolysis) is 1. The molecule has 0 aliphatic rings. The summed E-state index contributed by atoms with van der Waals surface area (Å²) >= 11 is 0. The van der Waals surface area contributed by atoms with Crippen molar-refractivity contribution in [2.75, 3.05) is 6.61 Å². The van der Waals surface area contributed by atoms with Crippen molar-refractivity contribution < 1.29 is 14.6 Å². The van der Waals surface area contributed by atoms with Gasteiger partial charge in [-0.1, -0.05) is 30.3 Å². The molecule has 1 rings (SSSR count). The van der Waals surface area contributed by atoms with Crippen LogP contribution in [0.2, 0.25) is 0 Å². The number of aliphatic hydroxyl groups excluding tert-OH is 1. The van der Waals surface area contributed by atoms with Crippen molar-refractivity contribution in [1.82, 2.24) is 5.32 Å². The lowest BCUT2D eigenvalue weighted by molar-refractivity contribution is 0.107. The second kappa shape index (κ2) is 6.91. The summed E-state index contributed by atoms with van der Waals surface area (Å²) in [5.41, 5.74) is 1.07. The Morgan fingerprint density at radius 2 is 2.00 bits per heavy atom. The quantitative estimate of drug-likeness (QED) is 0.820. The maximum absolute atomic E-state index is 11.4. The van der Waals surface area contributed by atoms with Crippen molar-refractivity contribution in [2.24, 2.45) is 0 Å². The van der Waals surface area contributed by atoms with Crippen LogP contribution in [0.25, 0.3) is 0 Å². The monoisotopic (exact) mass is 237 g/mol. The lowest BCUT2D eigenvalue weighted by Crippen LogP contribution is -2.40. The van der Waals surface area contributed by atoms with Crippen molar-refractivity contribution in [3.63, 3.8) is 0 Å². The Balaban J connectivity index is 2.46. The van der Waals surface area contributed by atoms with E-state index >= 15 is 0 Å². The van der Waals surface area contributed by atoms with Gasteiger partial charge in [-0.2, -0.15) is 0 Å². The first-order chi connectivity index (χ1) is 8.11. The number of benzene rings is 1. The molecule has 17 heavy (non-hydrogen) atoms. The van der Waals surface area contributed by atoms with Gasteiger partial charge in [0.1, 0.15) is 0 Å². The van der Waals surface area contributed by atoms with Crippen molar-refractivity contribution in [1.29, 1.82) is 0 Å². The smallest absolute Gasteiger partial charge is 0.407 e. The minimum Gasteiger partial charge on any atom is -0.447 e. The number of carbonyl (C=O) groups is 1. The number of aliphatic hydroxyl groups is 1. The summed E-state index contributed by atoms with van der Waals surface area (Å²) in [5, 5.41) is 11.8. The van der Waals surface area contributed by atoms with Gasteiger partial charge in [-0.3, -0.25) is 0 Å². The standard InChI is InChI=1S/C13H19NO3/c1-10(2)17-13(16)14-12(9-15)8-11-6-4-3-5-7-11/h3-7,10,12,15H,8-9H2,1-2H3,(H,14,16). The van der Waals surface area contributed by atoms with Crippen LogP contribution >= 0.6 is 0 Å². The molecule has 94 valence electrons. The highest BCUT2D eigenvalue weighted by Gasteiger charge is 2.13. The summed E-state index contributed by atoms with van der Waals surface area (Å²) in [6, 6.07) is 9.38. The van der Waals surface area contributed by atoms with E-state index in [0.717, 1.165) is 5.56 Å². The van der Waals surface area contributed by atoms with Gasteiger partial charge in [-0.25, -0.2) is 4.79 Å². The van der Waals surface area contributed by atoms with Gasteiger partial charge >= 0.3 is 6.09 Å². The fraction of sp³-hybridized carbons (Fsp3) is 0.462. The van der Waals surface area contributed by atoms with Crippen molar-refractivity contribution in [3.05, 3.63) is 35.9 Å². The molecule has 1 aromatic carbocycles. The zero-order chi connectivity index (χ0) is 12.7. The van der Waals surface area contributed by atoms with E-state index in [0.29, 0.717) is 6.42 Å². The van der Waals surface area contributed by atoms with Gasteiger partial charge in [0.15, 0.2) is 0 Å². The summed E-state index contributed by atoms with van der Waals surface area (Å²) in [6.07, 6.45) is -0.0640. The lowest BCUT2D eigenvalue weighted by atomic mass is 10.1. The normalized spacial score (nSPS) is 12.2. The third kappa shape index (κ3) is 5.36. The Bertz CT molecular complexity index is 338. The molecular formula is C13H19NO3. The SMILES string of the molecule is CC(C)OC(=O)NC(CO)Cc1ccccc1. The number of nitrogens with one attached hydrogen (secondary N) is 1. The predicted molar refractivity (Wildman–Crippen MR) is 65.8 cm³/mol. The van der Waals surface area contributed by atoms with E-state index in [4.69, 9.17) is 4.74 Å². The van der Waals surface area contributed by atoms with Crippen molar-refractivity contribution in [2.45, 2.75) is 32.4 Å². The molecule has 0 aliphatic carbocycles. The van der Waals surface area contributed by atoms with Crippen LogP contribution in [-0.4, -0.2) is 30.0 Å². The number of carbonyl (C=O) groups excluding carboxylic acids is 1. The van der Waals surface area contributed by atoms with E-state index in [-0.39, 0.29) is 18.8 Å². The Morgan fingerprint density at radius 1 is 1.35 bits per heavy atom. The molecule has 0 bridgehead atoms. The molecule has 0 spiro atoms. The third-order valence-corrected chi connectivity index (χ3v) is 2.21. The third-order valence-electron chi connectivity index (χ3n) is 2.21. The Hall–Kier alpha value is -1.55. The molecule has 0 radical (unpaired) electrons. The van der Waals surface area contributed by atoms with E-state index in [1.54, 1.807) is 13.8 Å². The molecule has 4 heteroatoms. The first kappa shape index (κ1) is 13.5. The Kier molecular flexibility index (Phi) is 5.49. The van der Waals surface area contributed by atoms with Crippen LogP contribution in [0.5, 0.6) is 0 Å². The molecule has 1 amide bonds.